The first-order valence-electron chi connectivity index (χ1n) is 8.87. The average Bonchev–Trinajstić information content (AvgIpc) is 3.07. The van der Waals surface area contributed by atoms with Crippen LogP contribution in [0.1, 0.15) is 45.4 Å². The van der Waals surface area contributed by atoms with Gasteiger partial charge in [0.25, 0.3) is 0 Å². The Morgan fingerprint density at radius 1 is 1.30 bits per heavy atom. The first-order valence-corrected chi connectivity index (χ1v) is 8.87. The maximum atomic E-state index is 9.41. The van der Waals surface area contributed by atoms with Crippen LogP contribution in [0.15, 0.2) is 23.7 Å². The number of rotatable bonds is 8. The van der Waals surface area contributed by atoms with E-state index in [1.807, 2.05) is 17.1 Å². The Morgan fingerprint density at radius 2 is 2.13 bits per heavy atom. The molecular formula is C17H31N5O. The summed E-state index contributed by atoms with van der Waals surface area (Å²) in [6.07, 6.45) is 12.7. The van der Waals surface area contributed by atoms with Gasteiger partial charge in [-0.3, -0.25) is 4.99 Å². The molecule has 0 spiro atoms. The van der Waals surface area contributed by atoms with Gasteiger partial charge in [-0.1, -0.05) is 19.3 Å². The number of imidazole rings is 1. The molecule has 0 unspecified atom stereocenters. The van der Waals surface area contributed by atoms with Crippen LogP contribution in [-0.2, 0) is 6.54 Å². The second kappa shape index (κ2) is 9.55. The normalized spacial score (nSPS) is 17.9. The number of aromatic nitrogens is 2. The molecule has 0 saturated heterocycles. The summed E-state index contributed by atoms with van der Waals surface area (Å²) < 4.78 is 2.05. The maximum Gasteiger partial charge on any atom is 0.191 e. The number of guanidine groups is 1. The molecule has 23 heavy (non-hydrogen) atoms. The molecule has 0 bridgehead atoms. The molecule has 1 fully saturated rings. The van der Waals surface area contributed by atoms with Crippen LogP contribution >= 0.6 is 0 Å². The summed E-state index contributed by atoms with van der Waals surface area (Å²) in [5.74, 6) is 0.871. The summed E-state index contributed by atoms with van der Waals surface area (Å²) in [5.41, 5.74) is 0.194. The summed E-state index contributed by atoms with van der Waals surface area (Å²) in [4.78, 5) is 8.85. The van der Waals surface area contributed by atoms with E-state index in [1.165, 1.54) is 32.1 Å². The molecular weight excluding hydrogens is 290 g/mol. The fourth-order valence-corrected chi connectivity index (χ4v) is 3.34. The predicted octanol–water partition coefficient (Wildman–Crippen LogP) is 1.77. The van der Waals surface area contributed by atoms with E-state index in [0.717, 1.165) is 38.6 Å². The molecule has 1 heterocycles. The quantitative estimate of drug-likeness (QED) is 0.504. The molecule has 130 valence electrons. The van der Waals surface area contributed by atoms with E-state index in [2.05, 4.69) is 22.5 Å². The molecule has 6 nitrogen and oxygen atoms in total. The van der Waals surface area contributed by atoms with Crippen LogP contribution in [0.4, 0.5) is 0 Å². The zero-order valence-corrected chi connectivity index (χ0v) is 14.3. The van der Waals surface area contributed by atoms with E-state index in [9.17, 15) is 5.11 Å². The van der Waals surface area contributed by atoms with Crippen molar-refractivity contribution in [1.29, 1.82) is 0 Å². The van der Waals surface area contributed by atoms with Crippen LogP contribution in [0.3, 0.4) is 0 Å². The third kappa shape index (κ3) is 5.86. The number of hydrogen-bond acceptors (Lipinski definition) is 3. The second-order valence-electron chi connectivity index (χ2n) is 6.46. The summed E-state index contributed by atoms with van der Waals surface area (Å²) in [7, 11) is 0. The molecule has 1 aromatic rings. The number of aliphatic imine (C=N–C) groups is 1. The van der Waals surface area contributed by atoms with Crippen molar-refractivity contribution in [2.24, 2.45) is 10.4 Å². The molecule has 1 aliphatic carbocycles. The molecule has 0 radical (unpaired) electrons. The highest BCUT2D eigenvalue weighted by Gasteiger charge is 2.31. The third-order valence-electron chi connectivity index (χ3n) is 4.69. The molecule has 1 saturated carbocycles. The van der Waals surface area contributed by atoms with E-state index in [1.54, 1.807) is 6.20 Å². The fraction of sp³-hybridized carbons (Fsp3) is 0.765. The standard InChI is InChI=1S/C17H31N5O/c1-2-19-16(20-10-12-22-11-9-18-15-22)21-14-17(8-13-23)6-4-3-5-7-17/h9,11,15,23H,2-8,10,12-14H2,1H3,(H2,19,20,21). The van der Waals surface area contributed by atoms with Crippen LogP contribution in [0, 0.1) is 5.41 Å². The molecule has 1 aromatic heterocycles. The smallest absolute Gasteiger partial charge is 0.191 e. The van der Waals surface area contributed by atoms with Gasteiger partial charge in [-0.15, -0.1) is 0 Å². The Bertz CT molecular complexity index is 446. The van der Waals surface area contributed by atoms with Crippen molar-refractivity contribution in [2.75, 3.05) is 26.2 Å². The Balaban J connectivity index is 1.87. The Hall–Kier alpha value is -1.56. The summed E-state index contributed by atoms with van der Waals surface area (Å²) in [6, 6.07) is 0. The van der Waals surface area contributed by atoms with Crippen molar-refractivity contribution in [1.82, 2.24) is 20.2 Å². The van der Waals surface area contributed by atoms with Crippen LogP contribution in [0.5, 0.6) is 0 Å². The number of aliphatic hydroxyl groups excluding tert-OH is 1. The van der Waals surface area contributed by atoms with Crippen LogP contribution in [0.2, 0.25) is 0 Å². The largest absolute Gasteiger partial charge is 0.396 e. The van der Waals surface area contributed by atoms with E-state index >= 15 is 0 Å². The zero-order valence-electron chi connectivity index (χ0n) is 14.3. The first-order chi connectivity index (χ1) is 11.3. The topological polar surface area (TPSA) is 74.5 Å². The van der Waals surface area contributed by atoms with Crippen molar-refractivity contribution in [3.05, 3.63) is 18.7 Å². The second-order valence-corrected chi connectivity index (χ2v) is 6.46. The van der Waals surface area contributed by atoms with Gasteiger partial charge in [0.2, 0.25) is 0 Å². The predicted molar refractivity (Wildman–Crippen MR) is 93.4 cm³/mol. The van der Waals surface area contributed by atoms with E-state index < -0.39 is 0 Å². The van der Waals surface area contributed by atoms with Gasteiger partial charge in [0.05, 0.1) is 6.33 Å². The Morgan fingerprint density at radius 3 is 2.78 bits per heavy atom. The highest BCUT2D eigenvalue weighted by atomic mass is 16.3. The molecule has 1 aliphatic rings. The van der Waals surface area contributed by atoms with Gasteiger partial charge in [-0.05, 0) is 31.6 Å². The molecule has 2 rings (SSSR count). The molecule has 0 atom stereocenters. The van der Waals surface area contributed by atoms with Gasteiger partial charge in [0, 0.05) is 45.2 Å². The van der Waals surface area contributed by atoms with Crippen molar-refractivity contribution < 1.29 is 5.11 Å². The van der Waals surface area contributed by atoms with Gasteiger partial charge in [0.15, 0.2) is 5.96 Å². The highest BCUT2D eigenvalue weighted by Crippen LogP contribution is 2.39. The molecule has 6 heteroatoms. The van der Waals surface area contributed by atoms with Crippen molar-refractivity contribution >= 4 is 5.96 Å². The fourth-order valence-electron chi connectivity index (χ4n) is 3.34. The molecule has 0 aliphatic heterocycles. The SMILES string of the molecule is CCNC(=NCC1(CCO)CCCCC1)NCCn1ccnc1. The van der Waals surface area contributed by atoms with Crippen molar-refractivity contribution in [3.8, 4) is 0 Å². The summed E-state index contributed by atoms with van der Waals surface area (Å²) >= 11 is 0. The van der Waals surface area contributed by atoms with Crippen LogP contribution in [0.25, 0.3) is 0 Å². The lowest BCUT2D eigenvalue weighted by atomic mass is 9.72. The molecule has 0 amide bonds. The van der Waals surface area contributed by atoms with Crippen molar-refractivity contribution in [3.63, 3.8) is 0 Å². The van der Waals surface area contributed by atoms with Gasteiger partial charge in [-0.2, -0.15) is 0 Å². The van der Waals surface area contributed by atoms with Gasteiger partial charge < -0.3 is 20.3 Å². The van der Waals surface area contributed by atoms with Crippen molar-refractivity contribution in [2.45, 2.75) is 52.0 Å². The highest BCUT2D eigenvalue weighted by molar-refractivity contribution is 5.79. The number of aliphatic hydroxyl groups is 1. The third-order valence-corrected chi connectivity index (χ3v) is 4.69. The monoisotopic (exact) mass is 321 g/mol. The van der Waals surface area contributed by atoms with E-state index in [-0.39, 0.29) is 12.0 Å². The van der Waals surface area contributed by atoms with E-state index in [0.29, 0.717) is 0 Å². The summed E-state index contributed by atoms with van der Waals surface area (Å²) in [5, 5.41) is 16.1. The zero-order chi connectivity index (χ0) is 16.4. The Labute approximate surface area is 139 Å². The lowest BCUT2D eigenvalue weighted by Crippen LogP contribution is -2.40. The molecule has 3 N–H and O–H groups in total. The average molecular weight is 321 g/mol. The molecule has 0 aromatic carbocycles. The number of nitrogens with one attached hydrogen (secondary N) is 2. The lowest BCUT2D eigenvalue weighted by Gasteiger charge is -2.35. The van der Waals surface area contributed by atoms with E-state index in [4.69, 9.17) is 4.99 Å². The van der Waals surface area contributed by atoms with Gasteiger partial charge in [0.1, 0.15) is 0 Å². The first kappa shape index (κ1) is 17.8. The van der Waals surface area contributed by atoms with Crippen LogP contribution < -0.4 is 10.6 Å². The minimum atomic E-state index is 0.194. The lowest BCUT2D eigenvalue weighted by molar-refractivity contribution is 0.137. The maximum absolute atomic E-state index is 9.41. The number of nitrogens with zero attached hydrogens (tertiary/aromatic N) is 3. The number of hydrogen-bond donors (Lipinski definition) is 3. The summed E-state index contributed by atoms with van der Waals surface area (Å²) in [6.45, 7) is 5.68. The Kier molecular flexibility index (Phi) is 7.39. The minimum absolute atomic E-state index is 0.194. The van der Waals surface area contributed by atoms with Gasteiger partial charge in [-0.25, -0.2) is 4.98 Å². The minimum Gasteiger partial charge on any atom is -0.396 e. The van der Waals surface area contributed by atoms with Gasteiger partial charge >= 0.3 is 0 Å². The van der Waals surface area contributed by atoms with Crippen LogP contribution in [-0.4, -0.2) is 46.9 Å².